The third-order valence-corrected chi connectivity index (χ3v) is 9.87. The number of likely N-dealkylation sites (tertiary alicyclic amines) is 1. The summed E-state index contributed by atoms with van der Waals surface area (Å²) in [4.78, 5) is 28.2. The Hall–Kier alpha value is -3.31. The second-order valence-corrected chi connectivity index (χ2v) is 13.3. The van der Waals surface area contributed by atoms with Crippen LogP contribution in [0, 0.1) is 0 Å². The van der Waals surface area contributed by atoms with E-state index in [1.54, 1.807) is 36.1 Å². The first-order valence-electron chi connectivity index (χ1n) is 16.6. The van der Waals surface area contributed by atoms with Gasteiger partial charge in [-0.25, -0.2) is 4.79 Å². The Bertz CT molecular complexity index is 1590. The summed E-state index contributed by atoms with van der Waals surface area (Å²) in [5.74, 6) is 0.266. The zero-order valence-electron chi connectivity index (χ0n) is 26.9. The lowest BCUT2D eigenvalue weighted by atomic mass is 9.93. The quantitative estimate of drug-likeness (QED) is 0.238. The molecule has 6 rings (SSSR count). The Morgan fingerprint density at radius 1 is 0.812 bits per heavy atom. The number of nitrogens with zero attached hydrogens (tertiary/aromatic N) is 5. The molecule has 48 heavy (non-hydrogen) atoms. The molecule has 2 saturated heterocycles. The minimum absolute atomic E-state index is 0.0121. The van der Waals surface area contributed by atoms with Crippen molar-refractivity contribution in [1.29, 1.82) is 0 Å². The fourth-order valence-electron chi connectivity index (χ4n) is 6.79. The minimum atomic E-state index is -4.57. The number of ether oxygens (including phenoxy) is 1. The molecule has 0 aromatic heterocycles. The van der Waals surface area contributed by atoms with Gasteiger partial charge in [-0.2, -0.15) is 13.2 Å². The first-order valence-corrected chi connectivity index (χ1v) is 17.3. The van der Waals surface area contributed by atoms with Gasteiger partial charge in [0.15, 0.2) is 0 Å². The van der Waals surface area contributed by atoms with Gasteiger partial charge in [0.1, 0.15) is 17.6 Å². The van der Waals surface area contributed by atoms with Gasteiger partial charge < -0.3 is 14.5 Å². The van der Waals surface area contributed by atoms with Crippen molar-refractivity contribution in [2.45, 2.75) is 44.4 Å². The van der Waals surface area contributed by atoms with Crippen LogP contribution >= 0.6 is 23.2 Å². The number of halogens is 5. The second kappa shape index (κ2) is 15.1. The van der Waals surface area contributed by atoms with Gasteiger partial charge in [0, 0.05) is 49.3 Å². The van der Waals surface area contributed by atoms with Crippen molar-refractivity contribution < 1.29 is 22.7 Å². The summed E-state index contributed by atoms with van der Waals surface area (Å²) in [5.41, 5.74) is 1.07. The van der Waals surface area contributed by atoms with Gasteiger partial charge in [0.2, 0.25) is 0 Å². The maximum Gasteiger partial charge on any atom is 0.416 e. The number of carbonyl (C=O) groups excluding carboxylic acids is 1. The molecular weight excluding hydrogens is 662 g/mol. The number of piperidine rings is 1. The van der Waals surface area contributed by atoms with E-state index in [0.29, 0.717) is 28.7 Å². The lowest BCUT2D eigenvalue weighted by molar-refractivity contribution is -0.137. The Kier molecular flexibility index (Phi) is 10.8. The van der Waals surface area contributed by atoms with Crippen LogP contribution in [0.3, 0.4) is 0 Å². The molecule has 3 aromatic rings. The molecule has 2 atom stereocenters. The highest BCUT2D eigenvalue weighted by molar-refractivity contribution is 6.30. The highest BCUT2D eigenvalue weighted by Gasteiger charge is 2.45. The fourth-order valence-corrected chi connectivity index (χ4v) is 7.05. The predicted molar refractivity (Wildman–Crippen MR) is 183 cm³/mol. The summed E-state index contributed by atoms with van der Waals surface area (Å²) < 4.78 is 47.2. The van der Waals surface area contributed by atoms with Crippen molar-refractivity contribution in [3.05, 3.63) is 99.0 Å². The number of amides is 2. The Morgan fingerprint density at radius 2 is 1.40 bits per heavy atom. The van der Waals surface area contributed by atoms with Crippen LogP contribution in [-0.4, -0.2) is 90.4 Å². The molecule has 7 nitrogen and oxygen atoms in total. The van der Waals surface area contributed by atoms with Crippen LogP contribution < -0.4 is 4.74 Å². The van der Waals surface area contributed by atoms with Gasteiger partial charge in [-0.15, -0.1) is 0 Å². The maximum absolute atomic E-state index is 14.7. The Labute approximate surface area is 289 Å². The van der Waals surface area contributed by atoms with E-state index in [1.807, 2.05) is 29.2 Å². The van der Waals surface area contributed by atoms with E-state index in [0.717, 1.165) is 62.5 Å². The number of alkyl halides is 3. The fraction of sp³-hybridized carbons (Fsp3) is 0.444. The van der Waals surface area contributed by atoms with Crippen LogP contribution in [0.4, 0.5) is 18.0 Å². The van der Waals surface area contributed by atoms with Crippen molar-refractivity contribution in [1.82, 2.24) is 19.6 Å². The molecule has 2 amide bonds. The highest BCUT2D eigenvalue weighted by Crippen LogP contribution is 2.46. The molecule has 0 aliphatic carbocycles. The maximum atomic E-state index is 14.7. The standard InChI is InChI=1S/C36H40Cl2F3N5O2/c1-2-48-31-24-27(36(39,40)41)10-15-30(31)34-42-32(25-6-11-28(37)12-7-25)33(26-8-13-29(38)14-9-26)46(34)35(47)45-22-20-44(21-23-45)19-18-43-16-4-3-5-17-43/h6-15,24,32-33H,2-5,16-23H2,1H3. The van der Waals surface area contributed by atoms with Crippen LogP contribution in [0.5, 0.6) is 5.75 Å². The molecule has 3 aromatic carbocycles. The molecule has 3 aliphatic rings. The van der Waals surface area contributed by atoms with Crippen molar-refractivity contribution >= 4 is 35.1 Å². The summed E-state index contributed by atoms with van der Waals surface area (Å²) in [6, 6.07) is 16.4. The first kappa shape index (κ1) is 34.5. The average Bonchev–Trinajstić information content (AvgIpc) is 3.48. The van der Waals surface area contributed by atoms with Crippen LogP contribution in [0.1, 0.15) is 60.5 Å². The molecule has 0 N–H and O–H groups in total. The van der Waals surface area contributed by atoms with Crippen molar-refractivity contribution in [2.24, 2.45) is 4.99 Å². The van der Waals surface area contributed by atoms with E-state index in [4.69, 9.17) is 32.9 Å². The molecule has 3 heterocycles. The summed E-state index contributed by atoms with van der Waals surface area (Å²) >= 11 is 12.5. The monoisotopic (exact) mass is 701 g/mol. The zero-order chi connectivity index (χ0) is 33.8. The number of urea groups is 1. The summed E-state index contributed by atoms with van der Waals surface area (Å²) in [6.45, 7) is 8.61. The van der Waals surface area contributed by atoms with Gasteiger partial charge in [-0.1, -0.05) is 53.9 Å². The smallest absolute Gasteiger partial charge is 0.416 e. The SMILES string of the molecule is CCOc1cc(C(F)(F)F)ccc1C1=NC(c2ccc(Cl)cc2)C(c2ccc(Cl)cc2)N1C(=O)N1CCN(CCN2CCCCC2)CC1. The normalized spacial score (nSPS) is 21.0. The van der Waals surface area contributed by atoms with E-state index in [-0.39, 0.29) is 24.2 Å². The number of benzene rings is 3. The van der Waals surface area contributed by atoms with Crippen LogP contribution in [0.2, 0.25) is 10.0 Å². The largest absolute Gasteiger partial charge is 0.493 e. The third kappa shape index (κ3) is 7.77. The van der Waals surface area contributed by atoms with Crippen molar-refractivity contribution in [2.75, 3.05) is 59.0 Å². The topological polar surface area (TPSA) is 51.6 Å². The average molecular weight is 703 g/mol. The molecule has 12 heteroatoms. The molecule has 3 aliphatic heterocycles. The third-order valence-electron chi connectivity index (χ3n) is 9.37. The molecule has 256 valence electrons. The van der Waals surface area contributed by atoms with E-state index in [2.05, 4.69) is 9.80 Å². The summed E-state index contributed by atoms with van der Waals surface area (Å²) in [5, 5.41) is 1.09. The van der Waals surface area contributed by atoms with Crippen LogP contribution in [-0.2, 0) is 6.18 Å². The molecule has 0 radical (unpaired) electrons. The molecule has 0 spiro atoms. The number of aliphatic imine (C=N–C) groups is 1. The van der Waals surface area contributed by atoms with E-state index in [9.17, 15) is 18.0 Å². The molecule has 2 unspecified atom stereocenters. The number of hydrogen-bond donors (Lipinski definition) is 0. The number of piperazine rings is 1. The van der Waals surface area contributed by atoms with Gasteiger partial charge in [0.05, 0.1) is 23.8 Å². The first-order chi connectivity index (χ1) is 23.1. The zero-order valence-corrected chi connectivity index (χ0v) is 28.4. The number of carbonyl (C=O) groups is 1. The number of amidine groups is 1. The van der Waals surface area contributed by atoms with E-state index in [1.165, 1.54) is 25.3 Å². The van der Waals surface area contributed by atoms with Gasteiger partial charge in [0.25, 0.3) is 0 Å². The summed E-state index contributed by atoms with van der Waals surface area (Å²) in [6.07, 6.45) is -0.772. The Balaban J connectivity index is 1.36. The van der Waals surface area contributed by atoms with Crippen LogP contribution in [0.25, 0.3) is 0 Å². The van der Waals surface area contributed by atoms with Crippen LogP contribution in [0.15, 0.2) is 71.7 Å². The molecule has 2 fully saturated rings. The second-order valence-electron chi connectivity index (χ2n) is 12.5. The lowest BCUT2D eigenvalue weighted by Gasteiger charge is -2.39. The Morgan fingerprint density at radius 3 is 1.98 bits per heavy atom. The van der Waals surface area contributed by atoms with E-state index < -0.39 is 23.8 Å². The van der Waals surface area contributed by atoms with Crippen molar-refractivity contribution in [3.8, 4) is 5.75 Å². The predicted octanol–water partition coefficient (Wildman–Crippen LogP) is 8.18. The molecular formula is C36H40Cl2F3N5O2. The highest BCUT2D eigenvalue weighted by atomic mass is 35.5. The molecule has 0 bridgehead atoms. The van der Waals surface area contributed by atoms with Gasteiger partial charge in [-0.05, 0) is 86.4 Å². The lowest BCUT2D eigenvalue weighted by Crippen LogP contribution is -2.55. The number of rotatable bonds is 8. The van der Waals surface area contributed by atoms with E-state index >= 15 is 0 Å². The number of hydrogen-bond acceptors (Lipinski definition) is 5. The van der Waals surface area contributed by atoms with Gasteiger partial charge in [-0.3, -0.25) is 14.8 Å². The van der Waals surface area contributed by atoms with Gasteiger partial charge >= 0.3 is 12.2 Å². The molecule has 0 saturated carbocycles. The summed E-state index contributed by atoms with van der Waals surface area (Å²) in [7, 11) is 0. The van der Waals surface area contributed by atoms with Crippen molar-refractivity contribution in [3.63, 3.8) is 0 Å². The minimum Gasteiger partial charge on any atom is -0.493 e.